The van der Waals surface area contributed by atoms with Crippen LogP contribution in [0.4, 0.5) is 5.69 Å². The van der Waals surface area contributed by atoms with E-state index in [-0.39, 0.29) is 0 Å². The molecule has 0 radical (unpaired) electrons. The van der Waals surface area contributed by atoms with E-state index in [1.165, 1.54) is 16.9 Å². The maximum absolute atomic E-state index is 4.50. The molecule has 2 heterocycles. The minimum atomic E-state index is 0.958. The van der Waals surface area contributed by atoms with Gasteiger partial charge in [-0.3, -0.25) is 9.88 Å². The smallest absolute Gasteiger partial charge is 0.0776 e. The third-order valence-corrected chi connectivity index (χ3v) is 2.73. The molecule has 1 aromatic heterocycles. The summed E-state index contributed by atoms with van der Waals surface area (Å²) in [5, 5.41) is 0. The average molecular weight is 191 g/mol. The molecule has 0 fully saturated rings. The lowest BCUT2D eigenvalue weighted by Crippen LogP contribution is -2.26. The van der Waals surface area contributed by atoms with E-state index < -0.39 is 0 Å². The Hall–Kier alpha value is -1.09. The van der Waals surface area contributed by atoms with Gasteiger partial charge in [0.2, 0.25) is 0 Å². The van der Waals surface area contributed by atoms with Crippen molar-refractivity contribution in [2.24, 2.45) is 0 Å². The van der Waals surface area contributed by atoms with Crippen LogP contribution in [0, 0.1) is 6.92 Å². The molecule has 1 aromatic rings. The Bertz CT molecular complexity index is 335. The van der Waals surface area contributed by atoms with Gasteiger partial charge in [0, 0.05) is 32.9 Å². The van der Waals surface area contributed by atoms with Crippen LogP contribution in [-0.2, 0) is 6.54 Å². The summed E-state index contributed by atoms with van der Waals surface area (Å²) in [6.07, 6.45) is 1.95. The molecule has 0 N–H and O–H groups in total. The number of aromatic nitrogens is 1. The largest absolute Gasteiger partial charge is 0.372 e. The van der Waals surface area contributed by atoms with Gasteiger partial charge in [0.25, 0.3) is 0 Å². The molecule has 0 unspecified atom stereocenters. The summed E-state index contributed by atoms with van der Waals surface area (Å²) in [4.78, 5) is 9.10. The van der Waals surface area contributed by atoms with Gasteiger partial charge in [-0.15, -0.1) is 0 Å². The maximum atomic E-state index is 4.50. The zero-order chi connectivity index (χ0) is 10.1. The van der Waals surface area contributed by atoms with Crippen molar-refractivity contribution in [3.8, 4) is 0 Å². The van der Waals surface area contributed by atoms with Crippen molar-refractivity contribution in [2.45, 2.75) is 13.5 Å². The van der Waals surface area contributed by atoms with Crippen molar-refractivity contribution < 1.29 is 0 Å². The lowest BCUT2D eigenvalue weighted by atomic mass is 10.2. The molecule has 3 nitrogen and oxygen atoms in total. The Morgan fingerprint density at radius 2 is 2.07 bits per heavy atom. The third kappa shape index (κ3) is 1.73. The molecule has 0 atom stereocenters. The van der Waals surface area contributed by atoms with Crippen molar-refractivity contribution in [3.05, 3.63) is 23.5 Å². The van der Waals surface area contributed by atoms with Crippen molar-refractivity contribution in [3.63, 3.8) is 0 Å². The highest BCUT2D eigenvalue weighted by molar-refractivity contribution is 5.52. The molecule has 0 spiro atoms. The molecule has 1 aliphatic rings. The van der Waals surface area contributed by atoms with E-state index in [0.717, 1.165) is 19.6 Å². The predicted molar refractivity (Wildman–Crippen MR) is 58.6 cm³/mol. The first-order valence-electron chi connectivity index (χ1n) is 5.02. The van der Waals surface area contributed by atoms with Gasteiger partial charge in [-0.2, -0.15) is 0 Å². The van der Waals surface area contributed by atoms with E-state index in [9.17, 15) is 0 Å². The Morgan fingerprint density at radius 3 is 2.86 bits per heavy atom. The van der Waals surface area contributed by atoms with Crippen LogP contribution in [-0.4, -0.2) is 37.1 Å². The van der Waals surface area contributed by atoms with Gasteiger partial charge in [-0.1, -0.05) is 0 Å². The first kappa shape index (κ1) is 9.46. The van der Waals surface area contributed by atoms with Gasteiger partial charge in [-0.05, 0) is 25.6 Å². The van der Waals surface area contributed by atoms with E-state index in [1.807, 2.05) is 6.20 Å². The monoisotopic (exact) mass is 191 g/mol. The molecule has 2 rings (SSSR count). The molecule has 14 heavy (non-hydrogen) atoms. The fraction of sp³-hybridized carbons (Fsp3) is 0.545. The summed E-state index contributed by atoms with van der Waals surface area (Å²) < 4.78 is 0. The number of likely N-dealkylation sites (N-methyl/N-ethyl adjacent to an activating group) is 2. The molecule has 0 aromatic carbocycles. The molecular formula is C11H17N3. The van der Waals surface area contributed by atoms with Crippen LogP contribution in [0.2, 0.25) is 0 Å². The lowest BCUT2D eigenvalue weighted by molar-refractivity contribution is 0.339. The van der Waals surface area contributed by atoms with Crippen molar-refractivity contribution in [1.29, 1.82) is 0 Å². The predicted octanol–water partition coefficient (Wildman–Crippen LogP) is 1.27. The molecule has 0 amide bonds. The summed E-state index contributed by atoms with van der Waals surface area (Å²) in [7, 11) is 4.28. The molecule has 0 bridgehead atoms. The Labute approximate surface area is 85.4 Å². The van der Waals surface area contributed by atoms with Crippen LogP contribution in [0.5, 0.6) is 0 Å². The molecule has 3 heteroatoms. The Morgan fingerprint density at radius 1 is 1.29 bits per heavy atom. The van der Waals surface area contributed by atoms with Gasteiger partial charge in [0.1, 0.15) is 0 Å². The van der Waals surface area contributed by atoms with Gasteiger partial charge < -0.3 is 4.90 Å². The number of rotatable bonds is 0. The number of anilines is 1. The standard InChI is InChI=1S/C11H17N3/c1-9-6-11-10(12-7-9)8-13(2)4-5-14(11)3/h6-7H,4-5,8H2,1-3H3. The SMILES string of the molecule is Cc1cnc2c(c1)N(C)CCN(C)C2. The van der Waals surface area contributed by atoms with E-state index in [1.54, 1.807) is 0 Å². The number of fused-ring (bicyclic) bond motifs is 1. The minimum absolute atomic E-state index is 0.958. The Balaban J connectivity index is 2.42. The third-order valence-electron chi connectivity index (χ3n) is 2.73. The maximum Gasteiger partial charge on any atom is 0.0776 e. The summed E-state index contributed by atoms with van der Waals surface area (Å²) in [5.41, 5.74) is 3.72. The first-order valence-corrected chi connectivity index (χ1v) is 5.02. The number of hydrogen-bond acceptors (Lipinski definition) is 3. The summed E-state index contributed by atoms with van der Waals surface area (Å²) in [6, 6.07) is 2.22. The van der Waals surface area contributed by atoms with Gasteiger partial charge in [-0.25, -0.2) is 0 Å². The normalized spacial score (nSPS) is 17.8. The topological polar surface area (TPSA) is 19.4 Å². The number of hydrogen-bond donors (Lipinski definition) is 0. The van der Waals surface area contributed by atoms with Crippen molar-refractivity contribution >= 4 is 5.69 Å². The van der Waals surface area contributed by atoms with E-state index >= 15 is 0 Å². The van der Waals surface area contributed by atoms with Crippen LogP contribution in [0.25, 0.3) is 0 Å². The summed E-state index contributed by atoms with van der Waals surface area (Å²) >= 11 is 0. The minimum Gasteiger partial charge on any atom is -0.372 e. The van der Waals surface area contributed by atoms with E-state index in [2.05, 4.69) is 41.9 Å². The second-order valence-corrected chi connectivity index (χ2v) is 4.14. The summed E-state index contributed by atoms with van der Waals surface area (Å²) in [5.74, 6) is 0. The molecule has 1 aliphatic heterocycles. The van der Waals surface area contributed by atoms with Crippen LogP contribution < -0.4 is 4.90 Å². The van der Waals surface area contributed by atoms with Gasteiger partial charge in [0.05, 0.1) is 11.4 Å². The average Bonchev–Trinajstić information content (AvgIpc) is 2.29. The van der Waals surface area contributed by atoms with Gasteiger partial charge in [0.15, 0.2) is 0 Å². The molecule has 0 saturated heterocycles. The zero-order valence-electron chi connectivity index (χ0n) is 9.12. The lowest BCUT2D eigenvalue weighted by Gasteiger charge is -2.18. The first-order chi connectivity index (χ1) is 6.66. The molecule has 76 valence electrons. The van der Waals surface area contributed by atoms with Crippen LogP contribution in [0.15, 0.2) is 12.3 Å². The highest BCUT2D eigenvalue weighted by Gasteiger charge is 2.15. The Kier molecular flexibility index (Phi) is 2.42. The number of nitrogens with zero attached hydrogens (tertiary/aromatic N) is 3. The van der Waals surface area contributed by atoms with Crippen molar-refractivity contribution in [2.75, 3.05) is 32.1 Å². The quantitative estimate of drug-likeness (QED) is 0.615. The van der Waals surface area contributed by atoms with E-state index in [4.69, 9.17) is 0 Å². The summed E-state index contributed by atoms with van der Waals surface area (Å²) in [6.45, 7) is 5.23. The van der Waals surface area contributed by atoms with Crippen LogP contribution >= 0.6 is 0 Å². The van der Waals surface area contributed by atoms with Gasteiger partial charge >= 0.3 is 0 Å². The van der Waals surface area contributed by atoms with Crippen LogP contribution in [0.3, 0.4) is 0 Å². The highest BCUT2D eigenvalue weighted by atomic mass is 15.2. The highest BCUT2D eigenvalue weighted by Crippen LogP contribution is 2.22. The second-order valence-electron chi connectivity index (χ2n) is 4.14. The fourth-order valence-corrected chi connectivity index (χ4v) is 1.81. The fourth-order valence-electron chi connectivity index (χ4n) is 1.81. The van der Waals surface area contributed by atoms with Crippen molar-refractivity contribution in [1.82, 2.24) is 9.88 Å². The zero-order valence-corrected chi connectivity index (χ0v) is 9.12. The number of aryl methyl sites for hydroxylation is 1. The molecular weight excluding hydrogens is 174 g/mol. The second kappa shape index (κ2) is 3.58. The molecule has 0 aliphatic carbocycles. The number of pyridine rings is 1. The van der Waals surface area contributed by atoms with E-state index in [0.29, 0.717) is 0 Å². The van der Waals surface area contributed by atoms with Crippen LogP contribution in [0.1, 0.15) is 11.3 Å². The molecule has 0 saturated carbocycles.